The van der Waals surface area contributed by atoms with Crippen LogP contribution in [0.5, 0.6) is 0 Å². The Morgan fingerprint density at radius 2 is 1.94 bits per heavy atom. The van der Waals surface area contributed by atoms with Crippen molar-refractivity contribution >= 4 is 38.7 Å². The second kappa shape index (κ2) is 11.0. The van der Waals surface area contributed by atoms with Crippen LogP contribution in [0.15, 0.2) is 23.1 Å². The van der Waals surface area contributed by atoms with Crippen LogP contribution in [-0.2, 0) is 19.6 Å². The number of aromatic nitrogens is 2. The van der Waals surface area contributed by atoms with Crippen LogP contribution < -0.4 is 10.0 Å². The molecule has 1 aromatic heterocycles. The molecule has 1 amide bonds. The molecule has 176 valence electrons. The number of ether oxygens (including phenoxy) is 1. The summed E-state index contributed by atoms with van der Waals surface area (Å²) in [6, 6.07) is 5.00. The molecule has 2 N–H and O–H groups in total. The van der Waals surface area contributed by atoms with Gasteiger partial charge < -0.3 is 10.1 Å². The zero-order valence-electron chi connectivity index (χ0n) is 18.2. The minimum Gasteiger partial charge on any atom is -0.379 e. The zero-order chi connectivity index (χ0) is 22.4. The maximum absolute atomic E-state index is 12.8. The first-order valence-electron chi connectivity index (χ1n) is 11.3. The number of hydrogen-bond acceptors (Lipinski definition) is 8. The molecule has 2 aromatic rings. The van der Waals surface area contributed by atoms with Crippen molar-refractivity contribution in [2.75, 3.05) is 45.9 Å². The standard InChI is InChI=1S/C21H31N5O4S2/c27-21(22-9-2-10-26-11-13-30-14-12-26)17-7-5-16(6-8-17)15-23-32(28,29)19-4-1-3-18-20(19)25-31-24-18/h1,3-4,16-17,23H,2,5-15H2,(H,22,27). The van der Waals surface area contributed by atoms with Crippen molar-refractivity contribution in [1.29, 1.82) is 0 Å². The lowest BCUT2D eigenvalue weighted by Crippen LogP contribution is -2.39. The molecule has 2 aliphatic rings. The van der Waals surface area contributed by atoms with Gasteiger partial charge in [0.15, 0.2) is 0 Å². The van der Waals surface area contributed by atoms with E-state index in [0.717, 1.165) is 76.7 Å². The Labute approximate surface area is 193 Å². The number of carbonyl (C=O) groups excluding carboxylic acids is 1. The molecule has 0 unspecified atom stereocenters. The number of nitrogens with zero attached hydrogens (tertiary/aromatic N) is 3. The summed E-state index contributed by atoms with van der Waals surface area (Å²) in [4.78, 5) is 15.0. The van der Waals surface area contributed by atoms with Crippen LogP contribution in [-0.4, -0.2) is 73.9 Å². The molecular weight excluding hydrogens is 450 g/mol. The second-order valence-corrected chi connectivity index (χ2v) is 10.8. The molecule has 1 aliphatic heterocycles. The summed E-state index contributed by atoms with van der Waals surface area (Å²) in [5.74, 6) is 0.401. The third-order valence-corrected chi connectivity index (χ3v) is 8.37. The van der Waals surface area contributed by atoms with E-state index in [1.54, 1.807) is 18.2 Å². The number of nitrogens with one attached hydrogen (secondary N) is 2. The van der Waals surface area contributed by atoms with E-state index in [9.17, 15) is 13.2 Å². The summed E-state index contributed by atoms with van der Waals surface area (Å²) < 4.78 is 41.9. The van der Waals surface area contributed by atoms with E-state index in [0.29, 0.717) is 24.1 Å². The highest BCUT2D eigenvalue weighted by Crippen LogP contribution is 2.29. The van der Waals surface area contributed by atoms with Crippen LogP contribution in [0, 0.1) is 11.8 Å². The summed E-state index contributed by atoms with van der Waals surface area (Å²) in [5, 5.41) is 3.08. The summed E-state index contributed by atoms with van der Waals surface area (Å²) in [6.45, 7) is 5.60. The average Bonchev–Trinajstić information content (AvgIpc) is 3.30. The van der Waals surface area contributed by atoms with Gasteiger partial charge in [-0.2, -0.15) is 8.75 Å². The van der Waals surface area contributed by atoms with Gasteiger partial charge in [-0.1, -0.05) is 6.07 Å². The molecule has 1 aromatic carbocycles. The fourth-order valence-corrected chi connectivity index (χ4v) is 6.30. The van der Waals surface area contributed by atoms with Gasteiger partial charge in [0.05, 0.1) is 24.9 Å². The number of rotatable bonds is 9. The van der Waals surface area contributed by atoms with Crippen molar-refractivity contribution in [2.24, 2.45) is 11.8 Å². The molecule has 0 radical (unpaired) electrons. The Morgan fingerprint density at radius 3 is 2.72 bits per heavy atom. The van der Waals surface area contributed by atoms with Gasteiger partial charge in [0.1, 0.15) is 15.9 Å². The zero-order valence-corrected chi connectivity index (χ0v) is 19.8. The van der Waals surface area contributed by atoms with Crippen LogP contribution in [0.2, 0.25) is 0 Å². The van der Waals surface area contributed by atoms with Gasteiger partial charge >= 0.3 is 0 Å². The Morgan fingerprint density at radius 1 is 1.16 bits per heavy atom. The summed E-state index contributed by atoms with van der Waals surface area (Å²) in [7, 11) is -3.65. The van der Waals surface area contributed by atoms with Crippen molar-refractivity contribution in [2.45, 2.75) is 37.0 Å². The van der Waals surface area contributed by atoms with Gasteiger partial charge in [-0.05, 0) is 56.7 Å². The molecule has 11 heteroatoms. The van der Waals surface area contributed by atoms with Gasteiger partial charge in [0, 0.05) is 32.1 Å². The molecule has 0 bridgehead atoms. The highest BCUT2D eigenvalue weighted by atomic mass is 32.2. The van der Waals surface area contributed by atoms with Crippen LogP contribution in [0.1, 0.15) is 32.1 Å². The molecule has 1 aliphatic carbocycles. The normalized spacial score (nSPS) is 22.8. The van der Waals surface area contributed by atoms with Crippen LogP contribution >= 0.6 is 11.7 Å². The first-order valence-corrected chi connectivity index (χ1v) is 13.5. The number of carbonyl (C=O) groups is 1. The quantitative estimate of drug-likeness (QED) is 0.523. The van der Waals surface area contributed by atoms with Gasteiger partial charge in [-0.15, -0.1) is 0 Å². The number of benzene rings is 1. The van der Waals surface area contributed by atoms with E-state index >= 15 is 0 Å². The van der Waals surface area contributed by atoms with E-state index < -0.39 is 10.0 Å². The lowest BCUT2D eigenvalue weighted by atomic mass is 9.81. The topological polar surface area (TPSA) is 114 Å². The molecule has 1 saturated heterocycles. The van der Waals surface area contributed by atoms with E-state index in [1.165, 1.54) is 0 Å². The first-order chi connectivity index (χ1) is 15.5. The Balaban J connectivity index is 1.17. The van der Waals surface area contributed by atoms with Crippen molar-refractivity contribution in [3.8, 4) is 0 Å². The number of hydrogen-bond donors (Lipinski definition) is 2. The van der Waals surface area contributed by atoms with Crippen LogP contribution in [0.25, 0.3) is 11.0 Å². The van der Waals surface area contributed by atoms with Crippen molar-refractivity contribution in [1.82, 2.24) is 23.7 Å². The Hall–Kier alpha value is -1.66. The Bertz CT molecular complexity index is 999. The monoisotopic (exact) mass is 481 g/mol. The second-order valence-electron chi connectivity index (χ2n) is 8.56. The highest BCUT2D eigenvalue weighted by Gasteiger charge is 2.28. The maximum atomic E-state index is 12.8. The van der Waals surface area contributed by atoms with Gasteiger partial charge in [-0.25, -0.2) is 13.1 Å². The number of fused-ring (bicyclic) bond motifs is 1. The largest absolute Gasteiger partial charge is 0.379 e. The molecule has 0 atom stereocenters. The third kappa shape index (κ3) is 6.02. The number of amides is 1. The first kappa shape index (κ1) is 23.5. The molecule has 2 heterocycles. The highest BCUT2D eigenvalue weighted by molar-refractivity contribution is 7.89. The number of morpholine rings is 1. The smallest absolute Gasteiger partial charge is 0.242 e. The van der Waals surface area contributed by atoms with Crippen molar-refractivity contribution < 1.29 is 17.9 Å². The van der Waals surface area contributed by atoms with E-state index in [-0.39, 0.29) is 22.6 Å². The predicted octanol–water partition coefficient (Wildman–Crippen LogP) is 1.61. The fraction of sp³-hybridized carbons (Fsp3) is 0.667. The molecular formula is C21H31N5O4S2. The van der Waals surface area contributed by atoms with Crippen molar-refractivity contribution in [3.63, 3.8) is 0 Å². The summed E-state index contributed by atoms with van der Waals surface area (Å²) in [6.07, 6.45) is 4.23. The molecule has 2 fully saturated rings. The fourth-order valence-electron chi connectivity index (χ4n) is 4.42. The summed E-state index contributed by atoms with van der Waals surface area (Å²) >= 11 is 1.01. The molecule has 4 rings (SSSR count). The predicted molar refractivity (Wildman–Crippen MR) is 123 cm³/mol. The molecule has 32 heavy (non-hydrogen) atoms. The van der Waals surface area contributed by atoms with Crippen molar-refractivity contribution in [3.05, 3.63) is 18.2 Å². The van der Waals surface area contributed by atoms with E-state index in [1.807, 2.05) is 0 Å². The molecule has 0 spiro atoms. The molecule has 1 saturated carbocycles. The lowest BCUT2D eigenvalue weighted by molar-refractivity contribution is -0.126. The Kier molecular flexibility index (Phi) is 8.06. The average molecular weight is 482 g/mol. The lowest BCUT2D eigenvalue weighted by Gasteiger charge is -2.28. The van der Waals surface area contributed by atoms with E-state index in [4.69, 9.17) is 4.74 Å². The summed E-state index contributed by atoms with van der Waals surface area (Å²) in [5.41, 5.74) is 1.01. The SMILES string of the molecule is O=C(NCCCN1CCOCC1)C1CCC(CNS(=O)(=O)c2cccc3nsnc23)CC1. The molecule has 9 nitrogen and oxygen atoms in total. The number of sulfonamides is 1. The van der Waals surface area contributed by atoms with Gasteiger partial charge in [-0.3, -0.25) is 9.69 Å². The third-order valence-electron chi connectivity index (χ3n) is 6.37. The maximum Gasteiger partial charge on any atom is 0.242 e. The van der Waals surface area contributed by atoms with Crippen LogP contribution in [0.3, 0.4) is 0 Å². The van der Waals surface area contributed by atoms with Gasteiger partial charge in [0.25, 0.3) is 0 Å². The van der Waals surface area contributed by atoms with Crippen LogP contribution in [0.4, 0.5) is 0 Å². The minimum atomic E-state index is -3.65. The minimum absolute atomic E-state index is 0.0288. The van der Waals surface area contributed by atoms with E-state index in [2.05, 4.69) is 23.7 Å². The van der Waals surface area contributed by atoms with Gasteiger partial charge in [0.2, 0.25) is 15.9 Å².